The molecule has 0 heterocycles. The Hall–Kier alpha value is -0.550. The Balaban J connectivity index is 3.34. The molecule has 0 saturated heterocycles. The van der Waals surface area contributed by atoms with E-state index in [1.165, 1.54) is 0 Å². The maximum Gasteiger partial charge on any atom is 0.0624 e. The van der Waals surface area contributed by atoms with Crippen LogP contribution in [0.1, 0.15) is 46.0 Å². The van der Waals surface area contributed by atoms with Crippen molar-refractivity contribution in [1.82, 2.24) is 0 Å². The lowest BCUT2D eigenvalue weighted by molar-refractivity contribution is 0.145. The monoisotopic (exact) mass is 169 g/mol. The van der Waals surface area contributed by atoms with Gasteiger partial charge in [-0.15, -0.1) is 0 Å². The Kier molecular flexibility index (Phi) is 6.79. The van der Waals surface area contributed by atoms with E-state index in [4.69, 9.17) is 5.26 Å². The highest BCUT2D eigenvalue weighted by Crippen LogP contribution is 2.13. The Morgan fingerprint density at radius 1 is 1.33 bits per heavy atom. The maximum absolute atomic E-state index is 9.38. The van der Waals surface area contributed by atoms with E-state index in [2.05, 4.69) is 19.9 Å². The molecule has 0 radical (unpaired) electrons. The van der Waals surface area contributed by atoms with Gasteiger partial charge in [0, 0.05) is 6.42 Å². The molecular formula is C10H19NO. The third-order valence-electron chi connectivity index (χ3n) is 2.05. The van der Waals surface area contributed by atoms with Crippen LogP contribution in [0.25, 0.3) is 0 Å². The number of aliphatic hydroxyl groups excluding tert-OH is 1. The van der Waals surface area contributed by atoms with Crippen molar-refractivity contribution in [2.45, 2.75) is 52.1 Å². The fourth-order valence-corrected chi connectivity index (χ4v) is 1.21. The smallest absolute Gasteiger partial charge is 0.0624 e. The summed E-state index contributed by atoms with van der Waals surface area (Å²) in [7, 11) is 0. The van der Waals surface area contributed by atoms with Gasteiger partial charge in [0.15, 0.2) is 0 Å². The molecular weight excluding hydrogens is 150 g/mol. The Morgan fingerprint density at radius 2 is 2.00 bits per heavy atom. The van der Waals surface area contributed by atoms with Gasteiger partial charge < -0.3 is 5.11 Å². The van der Waals surface area contributed by atoms with Crippen LogP contribution in [0.2, 0.25) is 0 Å². The van der Waals surface area contributed by atoms with Crippen LogP contribution in [-0.4, -0.2) is 11.2 Å². The van der Waals surface area contributed by atoms with Gasteiger partial charge >= 0.3 is 0 Å². The van der Waals surface area contributed by atoms with Crippen molar-refractivity contribution >= 4 is 0 Å². The second-order valence-corrected chi connectivity index (χ2v) is 3.49. The fourth-order valence-electron chi connectivity index (χ4n) is 1.21. The highest BCUT2D eigenvalue weighted by atomic mass is 16.3. The molecule has 70 valence electrons. The van der Waals surface area contributed by atoms with Crippen molar-refractivity contribution in [1.29, 1.82) is 5.26 Å². The summed E-state index contributed by atoms with van der Waals surface area (Å²) >= 11 is 0. The number of nitrogens with zero attached hydrogens (tertiary/aromatic N) is 1. The summed E-state index contributed by atoms with van der Waals surface area (Å²) in [5, 5.41) is 17.8. The van der Waals surface area contributed by atoms with Gasteiger partial charge in [-0.05, 0) is 25.2 Å². The first-order valence-corrected chi connectivity index (χ1v) is 4.75. The molecule has 0 spiro atoms. The number of hydrogen-bond donors (Lipinski definition) is 1. The lowest BCUT2D eigenvalue weighted by atomic mass is 9.99. The number of nitriles is 1. The molecule has 0 aliphatic heterocycles. The van der Waals surface area contributed by atoms with Gasteiger partial charge in [-0.2, -0.15) is 5.26 Å². The Bertz CT molecular complexity index is 139. The average Bonchev–Trinajstić information content (AvgIpc) is 2.02. The van der Waals surface area contributed by atoms with E-state index in [-0.39, 0.29) is 6.10 Å². The minimum absolute atomic E-state index is 0.156. The van der Waals surface area contributed by atoms with Gasteiger partial charge in [-0.25, -0.2) is 0 Å². The van der Waals surface area contributed by atoms with Crippen LogP contribution in [0.3, 0.4) is 0 Å². The predicted molar refractivity (Wildman–Crippen MR) is 49.5 cm³/mol. The largest absolute Gasteiger partial charge is 0.393 e. The summed E-state index contributed by atoms with van der Waals surface area (Å²) in [6.45, 7) is 4.13. The molecule has 0 aromatic carbocycles. The number of rotatable bonds is 6. The summed E-state index contributed by atoms with van der Waals surface area (Å²) in [6.07, 6.45) is 4.19. The first kappa shape index (κ1) is 11.4. The summed E-state index contributed by atoms with van der Waals surface area (Å²) < 4.78 is 0. The summed E-state index contributed by atoms with van der Waals surface area (Å²) in [5.74, 6) is 0.432. The van der Waals surface area contributed by atoms with E-state index in [1.54, 1.807) is 0 Å². The lowest BCUT2D eigenvalue weighted by Gasteiger charge is -2.11. The Morgan fingerprint density at radius 3 is 2.50 bits per heavy atom. The van der Waals surface area contributed by atoms with Crippen molar-refractivity contribution in [3.05, 3.63) is 0 Å². The molecule has 0 aromatic heterocycles. The first-order valence-electron chi connectivity index (χ1n) is 4.75. The van der Waals surface area contributed by atoms with E-state index in [1.807, 2.05) is 0 Å². The van der Waals surface area contributed by atoms with Crippen LogP contribution >= 0.6 is 0 Å². The fraction of sp³-hybridized carbons (Fsp3) is 0.900. The zero-order valence-electron chi connectivity index (χ0n) is 8.08. The minimum Gasteiger partial charge on any atom is -0.393 e. The van der Waals surface area contributed by atoms with E-state index in [0.717, 1.165) is 25.7 Å². The van der Waals surface area contributed by atoms with E-state index in [9.17, 15) is 5.11 Å². The van der Waals surface area contributed by atoms with Gasteiger partial charge in [0.25, 0.3) is 0 Å². The van der Waals surface area contributed by atoms with Crippen LogP contribution in [0.15, 0.2) is 0 Å². The standard InChI is InChI=1S/C10H19NO/c1-3-4-10(12)6-5-9(2)7-8-11/h9-10,12H,3-7H2,1-2H3. The molecule has 0 aliphatic carbocycles. The molecule has 0 bridgehead atoms. The predicted octanol–water partition coefficient (Wildman–Crippen LogP) is 2.48. The number of hydrogen-bond acceptors (Lipinski definition) is 2. The van der Waals surface area contributed by atoms with Crippen molar-refractivity contribution in [3.63, 3.8) is 0 Å². The molecule has 2 nitrogen and oxygen atoms in total. The lowest BCUT2D eigenvalue weighted by Crippen LogP contribution is -2.07. The van der Waals surface area contributed by atoms with Crippen molar-refractivity contribution in [3.8, 4) is 6.07 Å². The summed E-state index contributed by atoms with van der Waals surface area (Å²) in [4.78, 5) is 0. The molecule has 1 N–H and O–H groups in total. The zero-order chi connectivity index (χ0) is 9.40. The Labute approximate surface area is 75.2 Å². The van der Waals surface area contributed by atoms with E-state index < -0.39 is 0 Å². The molecule has 0 aromatic rings. The number of aliphatic hydroxyl groups is 1. The van der Waals surface area contributed by atoms with Gasteiger partial charge in [0.05, 0.1) is 12.2 Å². The maximum atomic E-state index is 9.38. The minimum atomic E-state index is -0.156. The molecule has 0 saturated carbocycles. The quantitative estimate of drug-likeness (QED) is 0.663. The topological polar surface area (TPSA) is 44.0 Å². The molecule has 12 heavy (non-hydrogen) atoms. The van der Waals surface area contributed by atoms with Gasteiger partial charge in [-0.1, -0.05) is 20.3 Å². The molecule has 0 aliphatic rings. The van der Waals surface area contributed by atoms with Crippen LogP contribution in [0.4, 0.5) is 0 Å². The average molecular weight is 169 g/mol. The summed E-state index contributed by atoms with van der Waals surface area (Å²) in [6, 6.07) is 2.14. The molecule has 2 atom stereocenters. The van der Waals surface area contributed by atoms with Crippen LogP contribution in [0.5, 0.6) is 0 Å². The van der Waals surface area contributed by atoms with E-state index >= 15 is 0 Å². The molecule has 2 heteroatoms. The summed E-state index contributed by atoms with van der Waals surface area (Å²) in [5.41, 5.74) is 0. The third kappa shape index (κ3) is 6.18. The van der Waals surface area contributed by atoms with Gasteiger partial charge in [0.2, 0.25) is 0 Å². The van der Waals surface area contributed by atoms with Crippen molar-refractivity contribution in [2.75, 3.05) is 0 Å². The molecule has 0 rings (SSSR count). The first-order chi connectivity index (χ1) is 5.70. The van der Waals surface area contributed by atoms with Crippen LogP contribution < -0.4 is 0 Å². The third-order valence-corrected chi connectivity index (χ3v) is 2.05. The molecule has 0 fully saturated rings. The SMILES string of the molecule is CCCC(O)CCC(C)CC#N. The highest BCUT2D eigenvalue weighted by Gasteiger charge is 2.06. The van der Waals surface area contributed by atoms with Crippen molar-refractivity contribution in [2.24, 2.45) is 5.92 Å². The van der Waals surface area contributed by atoms with E-state index in [0.29, 0.717) is 12.3 Å². The van der Waals surface area contributed by atoms with Crippen LogP contribution in [0, 0.1) is 17.2 Å². The molecule has 0 amide bonds. The van der Waals surface area contributed by atoms with Crippen molar-refractivity contribution < 1.29 is 5.11 Å². The second-order valence-electron chi connectivity index (χ2n) is 3.49. The second kappa shape index (κ2) is 7.12. The van der Waals surface area contributed by atoms with Gasteiger partial charge in [0.1, 0.15) is 0 Å². The normalized spacial score (nSPS) is 15.2. The highest BCUT2D eigenvalue weighted by molar-refractivity contribution is 4.73. The zero-order valence-corrected chi connectivity index (χ0v) is 8.08. The van der Waals surface area contributed by atoms with Gasteiger partial charge in [-0.3, -0.25) is 0 Å². The van der Waals surface area contributed by atoms with Crippen LogP contribution in [-0.2, 0) is 0 Å². The molecule has 2 unspecified atom stereocenters.